The van der Waals surface area contributed by atoms with Crippen LogP contribution in [0.25, 0.3) is 0 Å². The van der Waals surface area contributed by atoms with Gasteiger partial charge in [0.2, 0.25) is 0 Å². The molecule has 3 rings (SSSR count). The Morgan fingerprint density at radius 3 is 3.09 bits per heavy atom. The highest BCUT2D eigenvalue weighted by molar-refractivity contribution is 7.09. The number of carbonyl (C=O) groups is 1. The quantitative estimate of drug-likeness (QED) is 0.851. The second kappa shape index (κ2) is 6.62. The van der Waals surface area contributed by atoms with Gasteiger partial charge in [-0.05, 0) is 24.8 Å². The number of nitrogens with zero attached hydrogens (tertiary/aromatic N) is 3. The number of hydrogen-bond acceptors (Lipinski definition) is 4. The number of rotatable bonds is 5. The summed E-state index contributed by atoms with van der Waals surface area (Å²) in [4.78, 5) is 16.0. The molecule has 0 bridgehead atoms. The van der Waals surface area contributed by atoms with Gasteiger partial charge in [0, 0.05) is 37.2 Å². The lowest BCUT2D eigenvalue weighted by molar-refractivity contribution is 0.0752. The second-order valence-electron chi connectivity index (χ2n) is 5.56. The molecule has 1 atom stereocenters. The molecule has 0 radical (unpaired) electrons. The van der Waals surface area contributed by atoms with Gasteiger partial charge >= 0.3 is 0 Å². The van der Waals surface area contributed by atoms with E-state index in [-0.39, 0.29) is 11.8 Å². The zero-order valence-electron chi connectivity index (χ0n) is 13.0. The molecule has 0 aromatic carbocycles. The van der Waals surface area contributed by atoms with Crippen molar-refractivity contribution < 1.29 is 9.53 Å². The minimum atomic E-state index is 0.0610. The zero-order chi connectivity index (χ0) is 15.5. The molecule has 2 aromatic rings. The van der Waals surface area contributed by atoms with Gasteiger partial charge in [-0.3, -0.25) is 9.48 Å². The van der Waals surface area contributed by atoms with Crippen LogP contribution in [-0.2, 0) is 18.3 Å². The molecule has 1 saturated heterocycles. The lowest BCUT2D eigenvalue weighted by atomic mass is 10.0. The second-order valence-corrected chi connectivity index (χ2v) is 6.59. The van der Waals surface area contributed by atoms with Crippen LogP contribution in [0, 0.1) is 0 Å². The molecule has 6 heteroatoms. The summed E-state index contributed by atoms with van der Waals surface area (Å²) in [6, 6.07) is 4.08. The van der Waals surface area contributed by atoms with E-state index in [2.05, 4.69) is 11.2 Å². The average Bonchev–Trinajstić information content (AvgIpc) is 3.24. The molecule has 5 nitrogen and oxygen atoms in total. The molecule has 22 heavy (non-hydrogen) atoms. The van der Waals surface area contributed by atoms with E-state index in [1.54, 1.807) is 16.0 Å². The molecule has 2 aromatic heterocycles. The predicted octanol–water partition coefficient (Wildman–Crippen LogP) is 2.65. The Hall–Kier alpha value is -1.66. The van der Waals surface area contributed by atoms with E-state index in [1.807, 2.05) is 36.5 Å². The molecule has 1 amide bonds. The van der Waals surface area contributed by atoms with Gasteiger partial charge in [0.15, 0.2) is 0 Å². The summed E-state index contributed by atoms with van der Waals surface area (Å²) in [5, 5.41) is 6.56. The fourth-order valence-electron chi connectivity index (χ4n) is 2.81. The highest BCUT2D eigenvalue weighted by atomic mass is 32.1. The fourth-order valence-corrected chi connectivity index (χ4v) is 3.53. The average molecular weight is 319 g/mol. The van der Waals surface area contributed by atoms with Gasteiger partial charge < -0.3 is 9.64 Å². The van der Waals surface area contributed by atoms with Crippen molar-refractivity contribution in [3.8, 4) is 0 Å². The number of aromatic nitrogens is 2. The van der Waals surface area contributed by atoms with Crippen molar-refractivity contribution in [2.24, 2.45) is 7.05 Å². The van der Waals surface area contributed by atoms with Crippen LogP contribution in [0.1, 0.15) is 40.2 Å². The van der Waals surface area contributed by atoms with Crippen LogP contribution >= 0.6 is 11.3 Å². The largest absolute Gasteiger partial charge is 0.381 e. The van der Waals surface area contributed by atoms with Crippen molar-refractivity contribution in [1.82, 2.24) is 14.7 Å². The zero-order valence-corrected chi connectivity index (χ0v) is 13.8. The molecule has 1 fully saturated rings. The maximum atomic E-state index is 12.9. The SMILES string of the molecule is CCN(Cc1cccs1)C(=O)c1cn(C)nc1[C@@H]1CCOC1. The first-order chi connectivity index (χ1) is 10.7. The molecule has 118 valence electrons. The van der Waals surface area contributed by atoms with E-state index >= 15 is 0 Å². The van der Waals surface area contributed by atoms with Gasteiger partial charge in [0.1, 0.15) is 0 Å². The molecular weight excluding hydrogens is 298 g/mol. The maximum absolute atomic E-state index is 12.9. The Labute approximate surface area is 134 Å². The number of hydrogen-bond donors (Lipinski definition) is 0. The summed E-state index contributed by atoms with van der Waals surface area (Å²) in [7, 11) is 1.87. The van der Waals surface area contributed by atoms with E-state index < -0.39 is 0 Å². The van der Waals surface area contributed by atoms with Gasteiger partial charge in [-0.15, -0.1) is 11.3 Å². The van der Waals surface area contributed by atoms with Gasteiger partial charge in [0.25, 0.3) is 5.91 Å². The molecule has 0 unspecified atom stereocenters. The number of thiophene rings is 1. The Morgan fingerprint density at radius 2 is 2.45 bits per heavy atom. The van der Waals surface area contributed by atoms with Crippen LogP contribution < -0.4 is 0 Å². The lowest BCUT2D eigenvalue weighted by Crippen LogP contribution is -2.30. The van der Waals surface area contributed by atoms with Crippen LogP contribution in [0.3, 0.4) is 0 Å². The van der Waals surface area contributed by atoms with E-state index in [9.17, 15) is 4.79 Å². The normalized spacial score (nSPS) is 17.8. The van der Waals surface area contributed by atoms with Crippen LogP contribution in [0.5, 0.6) is 0 Å². The first kappa shape index (κ1) is 15.2. The molecular formula is C16H21N3O2S. The van der Waals surface area contributed by atoms with Crippen molar-refractivity contribution >= 4 is 17.2 Å². The number of ether oxygens (including phenoxy) is 1. The summed E-state index contributed by atoms with van der Waals surface area (Å²) in [5.41, 5.74) is 1.60. The summed E-state index contributed by atoms with van der Waals surface area (Å²) >= 11 is 1.68. The van der Waals surface area contributed by atoms with Crippen molar-refractivity contribution in [3.63, 3.8) is 0 Å². The fraction of sp³-hybridized carbons (Fsp3) is 0.500. The van der Waals surface area contributed by atoms with Crippen LogP contribution in [0.2, 0.25) is 0 Å². The highest BCUT2D eigenvalue weighted by Crippen LogP contribution is 2.27. The van der Waals surface area contributed by atoms with Gasteiger partial charge in [-0.2, -0.15) is 5.10 Å². The Morgan fingerprint density at radius 1 is 1.59 bits per heavy atom. The minimum absolute atomic E-state index is 0.0610. The van der Waals surface area contributed by atoms with Gasteiger partial charge in [-0.25, -0.2) is 0 Å². The molecule has 1 aliphatic rings. The third kappa shape index (κ3) is 3.08. The predicted molar refractivity (Wildman–Crippen MR) is 86.1 cm³/mol. The van der Waals surface area contributed by atoms with Gasteiger partial charge in [0.05, 0.1) is 24.4 Å². The molecule has 0 spiro atoms. The smallest absolute Gasteiger partial charge is 0.257 e. The standard InChI is InChI=1S/C16H21N3O2S/c1-3-19(9-13-5-4-8-22-13)16(20)14-10-18(2)17-15(14)12-6-7-21-11-12/h4-5,8,10,12H,3,6-7,9,11H2,1-2H3/t12-/m1/s1. The Bertz CT molecular complexity index is 630. The van der Waals surface area contributed by atoms with Crippen molar-refractivity contribution in [2.45, 2.75) is 25.8 Å². The number of carbonyl (C=O) groups excluding carboxylic acids is 1. The molecule has 0 N–H and O–H groups in total. The Kier molecular flexibility index (Phi) is 4.59. The first-order valence-electron chi connectivity index (χ1n) is 7.62. The number of aryl methyl sites for hydroxylation is 1. The number of amides is 1. The summed E-state index contributed by atoms with van der Waals surface area (Å²) in [5.74, 6) is 0.298. The van der Waals surface area contributed by atoms with E-state index in [0.29, 0.717) is 19.7 Å². The minimum Gasteiger partial charge on any atom is -0.381 e. The van der Waals surface area contributed by atoms with E-state index in [1.165, 1.54) is 4.88 Å². The molecule has 0 aliphatic carbocycles. The molecule has 0 saturated carbocycles. The van der Waals surface area contributed by atoms with E-state index in [4.69, 9.17) is 4.74 Å². The van der Waals surface area contributed by atoms with Crippen LogP contribution in [0.4, 0.5) is 0 Å². The highest BCUT2D eigenvalue weighted by Gasteiger charge is 2.28. The summed E-state index contributed by atoms with van der Waals surface area (Å²) in [6.07, 6.45) is 2.78. The topological polar surface area (TPSA) is 47.4 Å². The Balaban J connectivity index is 1.83. The summed E-state index contributed by atoms with van der Waals surface area (Å²) < 4.78 is 7.19. The monoisotopic (exact) mass is 319 g/mol. The van der Waals surface area contributed by atoms with Crippen molar-refractivity contribution in [1.29, 1.82) is 0 Å². The lowest BCUT2D eigenvalue weighted by Gasteiger charge is -2.20. The third-order valence-corrected chi connectivity index (χ3v) is 4.86. The maximum Gasteiger partial charge on any atom is 0.257 e. The van der Waals surface area contributed by atoms with Crippen molar-refractivity contribution in [2.75, 3.05) is 19.8 Å². The van der Waals surface area contributed by atoms with Crippen LogP contribution in [-0.4, -0.2) is 40.3 Å². The molecule has 3 heterocycles. The van der Waals surface area contributed by atoms with E-state index in [0.717, 1.165) is 24.3 Å². The third-order valence-electron chi connectivity index (χ3n) is 4.00. The first-order valence-corrected chi connectivity index (χ1v) is 8.50. The van der Waals surface area contributed by atoms with Crippen LogP contribution in [0.15, 0.2) is 23.7 Å². The summed E-state index contributed by atoms with van der Waals surface area (Å²) in [6.45, 7) is 4.77. The van der Waals surface area contributed by atoms with Crippen molar-refractivity contribution in [3.05, 3.63) is 39.8 Å². The van der Waals surface area contributed by atoms with Gasteiger partial charge in [-0.1, -0.05) is 6.07 Å². The molecule has 1 aliphatic heterocycles.